The Labute approximate surface area is 145 Å². The van der Waals surface area contributed by atoms with Crippen LogP contribution in [0.2, 0.25) is 0 Å². The van der Waals surface area contributed by atoms with Gasteiger partial charge in [-0.25, -0.2) is 9.50 Å². The van der Waals surface area contributed by atoms with Crippen LogP contribution in [0.5, 0.6) is 0 Å². The molecule has 6 heteroatoms. The summed E-state index contributed by atoms with van der Waals surface area (Å²) in [5.41, 5.74) is 2.20. The van der Waals surface area contributed by atoms with Crippen LogP contribution in [0.1, 0.15) is 50.3 Å². The molecule has 1 aromatic carbocycles. The van der Waals surface area contributed by atoms with Gasteiger partial charge in [-0.1, -0.05) is 38.1 Å². The molecule has 0 bridgehead atoms. The summed E-state index contributed by atoms with van der Waals surface area (Å²) in [5.74, 6) is -0.0327. The lowest BCUT2D eigenvalue weighted by molar-refractivity contribution is 0.0786. The third-order valence-electron chi connectivity index (χ3n) is 4.26. The second-order valence-electron chi connectivity index (χ2n) is 6.93. The van der Waals surface area contributed by atoms with Crippen molar-refractivity contribution in [3.63, 3.8) is 0 Å². The number of nitrogens with one attached hydrogen (secondary N) is 1. The molecule has 0 saturated carbocycles. The van der Waals surface area contributed by atoms with Crippen LogP contribution in [-0.4, -0.2) is 19.7 Å². The zero-order chi connectivity index (χ0) is 18.4. The van der Waals surface area contributed by atoms with E-state index < -0.39 is 5.60 Å². The van der Waals surface area contributed by atoms with E-state index in [-0.39, 0.29) is 11.5 Å². The Morgan fingerprint density at radius 3 is 2.44 bits per heavy atom. The fraction of sp³-hybridized carbons (Fsp3) is 0.316. The second kappa shape index (κ2) is 5.87. The lowest BCUT2D eigenvalue weighted by atomic mass is 9.94. The number of aromatic nitrogens is 3. The maximum absolute atomic E-state index is 12.9. The van der Waals surface area contributed by atoms with E-state index in [2.05, 4.69) is 10.1 Å². The summed E-state index contributed by atoms with van der Waals surface area (Å²) in [6.07, 6.45) is 1.48. The van der Waals surface area contributed by atoms with Crippen LogP contribution in [0.3, 0.4) is 0 Å². The summed E-state index contributed by atoms with van der Waals surface area (Å²) >= 11 is 0. The fourth-order valence-corrected chi connectivity index (χ4v) is 2.89. The van der Waals surface area contributed by atoms with Gasteiger partial charge in [0.2, 0.25) is 0 Å². The van der Waals surface area contributed by atoms with E-state index >= 15 is 0 Å². The Kier molecular flexibility index (Phi) is 3.97. The van der Waals surface area contributed by atoms with Crippen molar-refractivity contribution in [2.45, 2.75) is 39.2 Å². The first-order chi connectivity index (χ1) is 11.7. The highest BCUT2D eigenvalue weighted by atomic mass is 16.3. The number of aliphatic hydroxyl groups is 1. The van der Waals surface area contributed by atoms with Gasteiger partial charge in [0.15, 0.2) is 5.65 Å². The molecule has 3 aromatic rings. The van der Waals surface area contributed by atoms with E-state index in [4.69, 9.17) is 0 Å². The van der Waals surface area contributed by atoms with E-state index in [1.165, 1.54) is 10.7 Å². The second-order valence-corrected chi connectivity index (χ2v) is 6.93. The molecule has 0 atom stereocenters. The first-order valence-electron chi connectivity index (χ1n) is 8.11. The van der Waals surface area contributed by atoms with Crippen LogP contribution in [0.25, 0.3) is 16.9 Å². The van der Waals surface area contributed by atoms with Crippen molar-refractivity contribution in [1.82, 2.24) is 14.6 Å². The summed E-state index contributed by atoms with van der Waals surface area (Å²) in [4.78, 5) is 17.5. The highest BCUT2D eigenvalue weighted by molar-refractivity contribution is 5.68. The monoisotopic (exact) mass is 336 g/mol. The minimum absolute atomic E-state index is 0.0327. The van der Waals surface area contributed by atoms with Crippen LogP contribution in [0, 0.1) is 11.3 Å². The molecule has 0 aliphatic carbocycles. The average molecular weight is 336 g/mol. The number of hydrogen-bond donors (Lipinski definition) is 2. The SMILES string of the molecule is CC(C)c1c(-c2ccc(C(C)(C)O)cc2)nc2c(C#N)c[nH]n2c1=O. The topological polar surface area (TPSA) is 94.2 Å². The molecular formula is C19H20N4O2. The molecule has 0 fully saturated rings. The number of rotatable bonds is 3. The first-order valence-corrected chi connectivity index (χ1v) is 8.11. The number of H-pyrrole nitrogens is 1. The van der Waals surface area contributed by atoms with Gasteiger partial charge in [-0.2, -0.15) is 5.26 Å². The minimum Gasteiger partial charge on any atom is -0.386 e. The van der Waals surface area contributed by atoms with Crippen LogP contribution in [0.15, 0.2) is 35.3 Å². The molecule has 0 aliphatic rings. The molecule has 0 radical (unpaired) electrons. The van der Waals surface area contributed by atoms with E-state index in [0.29, 0.717) is 22.5 Å². The third kappa shape index (κ3) is 2.83. The maximum atomic E-state index is 12.9. The van der Waals surface area contributed by atoms with Gasteiger partial charge in [-0.3, -0.25) is 9.89 Å². The highest BCUT2D eigenvalue weighted by Crippen LogP contribution is 2.28. The normalized spacial score (nSPS) is 11.9. The van der Waals surface area contributed by atoms with Crippen molar-refractivity contribution < 1.29 is 5.11 Å². The Morgan fingerprint density at radius 1 is 1.28 bits per heavy atom. The molecule has 2 N–H and O–H groups in total. The van der Waals surface area contributed by atoms with E-state index in [0.717, 1.165) is 11.1 Å². The maximum Gasteiger partial charge on any atom is 0.276 e. The van der Waals surface area contributed by atoms with Gasteiger partial charge in [0.1, 0.15) is 11.6 Å². The average Bonchev–Trinajstić information content (AvgIpc) is 2.97. The molecule has 128 valence electrons. The summed E-state index contributed by atoms with van der Waals surface area (Å²) in [5, 5.41) is 22.1. The van der Waals surface area contributed by atoms with E-state index in [1.807, 2.05) is 44.2 Å². The molecule has 0 aliphatic heterocycles. The fourth-order valence-electron chi connectivity index (χ4n) is 2.89. The zero-order valence-electron chi connectivity index (χ0n) is 14.7. The van der Waals surface area contributed by atoms with Crippen LogP contribution in [-0.2, 0) is 5.60 Å². The van der Waals surface area contributed by atoms with Gasteiger partial charge in [0.05, 0.1) is 11.3 Å². The molecule has 3 rings (SSSR count). The number of nitriles is 1. The molecule has 0 amide bonds. The van der Waals surface area contributed by atoms with Crippen molar-refractivity contribution >= 4 is 5.65 Å². The molecule has 0 saturated heterocycles. The molecular weight excluding hydrogens is 316 g/mol. The molecule has 0 spiro atoms. The smallest absolute Gasteiger partial charge is 0.276 e. The Morgan fingerprint density at radius 2 is 1.92 bits per heavy atom. The predicted octanol–water partition coefficient (Wildman–Crippen LogP) is 2.91. The number of hydrogen-bond acceptors (Lipinski definition) is 4. The number of benzene rings is 1. The molecule has 0 unspecified atom stereocenters. The minimum atomic E-state index is -0.940. The summed E-state index contributed by atoms with van der Waals surface area (Å²) < 4.78 is 1.31. The summed E-state index contributed by atoms with van der Waals surface area (Å²) in [6, 6.07) is 9.38. The van der Waals surface area contributed by atoms with Gasteiger partial charge in [0, 0.05) is 17.3 Å². The number of fused-ring (bicyclic) bond motifs is 1. The van der Waals surface area contributed by atoms with Crippen LogP contribution < -0.4 is 5.56 Å². The van der Waals surface area contributed by atoms with E-state index in [9.17, 15) is 15.2 Å². The molecule has 6 nitrogen and oxygen atoms in total. The first kappa shape index (κ1) is 16.9. The lowest BCUT2D eigenvalue weighted by Crippen LogP contribution is -2.22. The van der Waals surface area contributed by atoms with Gasteiger partial charge >= 0.3 is 0 Å². The molecule has 2 aromatic heterocycles. The van der Waals surface area contributed by atoms with Crippen LogP contribution >= 0.6 is 0 Å². The standard InChI is InChI=1S/C19H20N4O2/c1-11(2)15-16(12-5-7-14(8-6-12)19(3,4)25)22-17-13(9-20)10-21-23(17)18(15)24/h5-8,10-11,21,25H,1-4H3. The lowest BCUT2D eigenvalue weighted by Gasteiger charge is -2.18. The van der Waals surface area contributed by atoms with Crippen molar-refractivity contribution in [3.05, 3.63) is 57.5 Å². The zero-order valence-corrected chi connectivity index (χ0v) is 14.7. The quantitative estimate of drug-likeness (QED) is 0.769. The highest BCUT2D eigenvalue weighted by Gasteiger charge is 2.21. The van der Waals surface area contributed by atoms with Gasteiger partial charge in [-0.15, -0.1) is 0 Å². The Balaban J connectivity index is 2.29. The van der Waals surface area contributed by atoms with E-state index in [1.54, 1.807) is 13.8 Å². The van der Waals surface area contributed by atoms with Crippen molar-refractivity contribution in [2.24, 2.45) is 0 Å². The molecule has 2 heterocycles. The van der Waals surface area contributed by atoms with Gasteiger partial charge < -0.3 is 5.11 Å². The van der Waals surface area contributed by atoms with Crippen molar-refractivity contribution in [1.29, 1.82) is 5.26 Å². The Hall–Kier alpha value is -2.91. The number of nitrogens with zero attached hydrogens (tertiary/aromatic N) is 3. The largest absolute Gasteiger partial charge is 0.386 e. The number of aromatic amines is 1. The summed E-state index contributed by atoms with van der Waals surface area (Å²) in [7, 11) is 0. The van der Waals surface area contributed by atoms with Gasteiger partial charge in [0.25, 0.3) is 5.56 Å². The summed E-state index contributed by atoms with van der Waals surface area (Å²) in [6.45, 7) is 7.32. The third-order valence-corrected chi connectivity index (χ3v) is 4.26. The Bertz CT molecular complexity index is 1030. The van der Waals surface area contributed by atoms with Crippen molar-refractivity contribution in [2.75, 3.05) is 0 Å². The predicted molar refractivity (Wildman–Crippen MR) is 95.3 cm³/mol. The van der Waals surface area contributed by atoms with Gasteiger partial charge in [-0.05, 0) is 25.3 Å². The van der Waals surface area contributed by atoms with Crippen LogP contribution in [0.4, 0.5) is 0 Å². The van der Waals surface area contributed by atoms with Crippen molar-refractivity contribution in [3.8, 4) is 17.3 Å². The molecule has 25 heavy (non-hydrogen) atoms.